The lowest BCUT2D eigenvalue weighted by Crippen LogP contribution is -2.10. The Balaban J connectivity index is 1.61. The lowest BCUT2D eigenvalue weighted by molar-refractivity contribution is 0.534. The molecule has 0 spiro atoms. The molecule has 136 valence electrons. The van der Waals surface area contributed by atoms with Gasteiger partial charge in [0.2, 0.25) is 0 Å². The molecule has 0 aliphatic heterocycles. The monoisotopic (exact) mass is 366 g/mol. The maximum atomic E-state index is 6.28. The van der Waals surface area contributed by atoms with Crippen molar-refractivity contribution in [2.24, 2.45) is 0 Å². The number of fused-ring (bicyclic) bond motifs is 3. The van der Waals surface area contributed by atoms with Crippen LogP contribution >= 0.6 is 0 Å². The molecule has 0 saturated carbocycles. The highest BCUT2D eigenvalue weighted by Gasteiger charge is 2.28. The number of nitrogens with one attached hydrogen (secondary N) is 1. The van der Waals surface area contributed by atoms with Gasteiger partial charge in [-0.3, -0.25) is 0 Å². The van der Waals surface area contributed by atoms with Crippen molar-refractivity contribution in [2.45, 2.75) is 18.9 Å². The zero-order valence-corrected chi connectivity index (χ0v) is 15.1. The lowest BCUT2D eigenvalue weighted by atomic mass is 10.1. The molecular formula is C22H18N6. The van der Waals surface area contributed by atoms with Gasteiger partial charge < -0.3 is 10.7 Å². The van der Waals surface area contributed by atoms with Gasteiger partial charge in [-0.1, -0.05) is 36.4 Å². The highest BCUT2D eigenvalue weighted by Crippen LogP contribution is 2.39. The standard InChI is InChI=1S/C22H18N6/c23-21-19-20(15-6-5-14-9-10-24-17(14)11-15)27-28(22(19)26-12-25-21)18-8-7-13-3-1-2-4-16(13)18/h1-6,9-12,18,24H,7-8H2,(H2,23,25,26). The van der Waals surface area contributed by atoms with Crippen molar-refractivity contribution in [1.82, 2.24) is 24.7 Å². The van der Waals surface area contributed by atoms with Crippen molar-refractivity contribution < 1.29 is 0 Å². The van der Waals surface area contributed by atoms with E-state index in [0.29, 0.717) is 5.82 Å². The first-order chi connectivity index (χ1) is 13.8. The van der Waals surface area contributed by atoms with Crippen molar-refractivity contribution in [2.75, 3.05) is 5.73 Å². The minimum Gasteiger partial charge on any atom is -0.383 e. The predicted molar refractivity (Wildman–Crippen MR) is 110 cm³/mol. The first-order valence-corrected chi connectivity index (χ1v) is 9.43. The van der Waals surface area contributed by atoms with E-state index in [4.69, 9.17) is 10.8 Å². The van der Waals surface area contributed by atoms with Gasteiger partial charge in [0.25, 0.3) is 0 Å². The quantitative estimate of drug-likeness (QED) is 0.493. The van der Waals surface area contributed by atoms with Gasteiger partial charge in [-0.05, 0) is 41.5 Å². The molecule has 28 heavy (non-hydrogen) atoms. The zero-order chi connectivity index (χ0) is 18.7. The van der Waals surface area contributed by atoms with E-state index >= 15 is 0 Å². The van der Waals surface area contributed by atoms with Crippen molar-refractivity contribution in [3.05, 3.63) is 72.2 Å². The first-order valence-electron chi connectivity index (χ1n) is 9.43. The molecule has 6 nitrogen and oxygen atoms in total. The minimum absolute atomic E-state index is 0.163. The second-order valence-corrected chi connectivity index (χ2v) is 7.28. The lowest BCUT2D eigenvalue weighted by Gasteiger charge is -2.13. The summed E-state index contributed by atoms with van der Waals surface area (Å²) >= 11 is 0. The Morgan fingerprint density at radius 1 is 1.07 bits per heavy atom. The fourth-order valence-electron chi connectivity index (χ4n) is 4.40. The molecule has 1 aliphatic carbocycles. The molecule has 3 N–H and O–H groups in total. The van der Waals surface area contributed by atoms with Crippen LogP contribution in [0.25, 0.3) is 33.2 Å². The molecule has 0 amide bonds. The SMILES string of the molecule is Nc1ncnc2c1c(-c1ccc3cc[nH]c3c1)nn2C1CCc2ccccc21. The molecule has 0 saturated heterocycles. The van der Waals surface area contributed by atoms with Gasteiger partial charge in [0.1, 0.15) is 17.8 Å². The van der Waals surface area contributed by atoms with Crippen LogP contribution < -0.4 is 5.73 Å². The summed E-state index contributed by atoms with van der Waals surface area (Å²) in [4.78, 5) is 12.1. The van der Waals surface area contributed by atoms with E-state index in [9.17, 15) is 0 Å². The summed E-state index contributed by atoms with van der Waals surface area (Å²) < 4.78 is 2.04. The van der Waals surface area contributed by atoms with E-state index in [0.717, 1.165) is 40.6 Å². The van der Waals surface area contributed by atoms with Crippen LogP contribution in [-0.4, -0.2) is 24.7 Å². The average Bonchev–Trinajstić information content (AvgIpc) is 3.44. The number of hydrogen-bond acceptors (Lipinski definition) is 4. The zero-order valence-electron chi connectivity index (χ0n) is 15.1. The van der Waals surface area contributed by atoms with Crippen LogP contribution in [0.1, 0.15) is 23.6 Å². The smallest absolute Gasteiger partial charge is 0.164 e. The Labute approximate surface area is 161 Å². The second-order valence-electron chi connectivity index (χ2n) is 7.28. The number of anilines is 1. The van der Waals surface area contributed by atoms with Crippen LogP contribution in [0.5, 0.6) is 0 Å². The summed E-state index contributed by atoms with van der Waals surface area (Å²) in [6.45, 7) is 0. The average molecular weight is 366 g/mol. The van der Waals surface area contributed by atoms with Gasteiger partial charge in [-0.25, -0.2) is 14.6 Å². The number of hydrogen-bond donors (Lipinski definition) is 2. The van der Waals surface area contributed by atoms with Crippen LogP contribution in [-0.2, 0) is 6.42 Å². The number of benzene rings is 2. The minimum atomic E-state index is 0.163. The number of nitrogens with two attached hydrogens (primary N) is 1. The molecular weight excluding hydrogens is 348 g/mol. The van der Waals surface area contributed by atoms with Gasteiger partial charge in [-0.15, -0.1) is 0 Å². The summed E-state index contributed by atoms with van der Waals surface area (Å²) in [6.07, 6.45) is 5.52. The molecule has 0 radical (unpaired) electrons. The van der Waals surface area contributed by atoms with Crippen LogP contribution in [0, 0.1) is 0 Å². The normalized spacial score (nSPS) is 16.1. The van der Waals surface area contributed by atoms with E-state index in [1.54, 1.807) is 0 Å². The van der Waals surface area contributed by atoms with Gasteiger partial charge in [0, 0.05) is 17.3 Å². The number of nitrogens with zero attached hydrogens (tertiary/aromatic N) is 4. The molecule has 1 aliphatic rings. The highest BCUT2D eigenvalue weighted by atomic mass is 15.3. The second kappa shape index (κ2) is 5.66. The number of H-pyrrole nitrogens is 1. The van der Waals surface area contributed by atoms with Gasteiger partial charge in [-0.2, -0.15) is 5.10 Å². The molecule has 3 aromatic heterocycles. The number of aryl methyl sites for hydroxylation is 1. The topological polar surface area (TPSA) is 85.4 Å². The first kappa shape index (κ1) is 15.4. The van der Waals surface area contributed by atoms with Crippen molar-refractivity contribution >= 4 is 27.8 Å². The van der Waals surface area contributed by atoms with Crippen LogP contribution in [0.4, 0.5) is 5.82 Å². The van der Waals surface area contributed by atoms with E-state index in [1.165, 1.54) is 22.8 Å². The Hall–Kier alpha value is -3.67. The maximum absolute atomic E-state index is 6.28. The maximum Gasteiger partial charge on any atom is 0.164 e. The van der Waals surface area contributed by atoms with E-state index in [1.807, 2.05) is 10.9 Å². The number of aromatic nitrogens is 5. The Morgan fingerprint density at radius 2 is 2.00 bits per heavy atom. The Kier molecular flexibility index (Phi) is 3.11. The Bertz CT molecular complexity index is 1350. The van der Waals surface area contributed by atoms with Crippen LogP contribution in [0.15, 0.2) is 61.1 Å². The summed E-state index contributed by atoms with van der Waals surface area (Å²) in [6, 6.07) is 17.1. The van der Waals surface area contributed by atoms with E-state index in [2.05, 4.69) is 63.5 Å². The van der Waals surface area contributed by atoms with Crippen LogP contribution in [0.2, 0.25) is 0 Å². The summed E-state index contributed by atoms with van der Waals surface area (Å²) in [5.74, 6) is 0.462. The summed E-state index contributed by atoms with van der Waals surface area (Å²) in [5, 5.41) is 7.00. The van der Waals surface area contributed by atoms with Crippen molar-refractivity contribution in [1.29, 1.82) is 0 Å². The molecule has 5 aromatic rings. The molecule has 0 bridgehead atoms. The van der Waals surface area contributed by atoms with E-state index < -0.39 is 0 Å². The number of rotatable bonds is 2. The summed E-state index contributed by atoms with van der Waals surface area (Å²) in [5.41, 5.74) is 12.7. The van der Waals surface area contributed by atoms with Gasteiger partial charge in [0.15, 0.2) is 5.65 Å². The third kappa shape index (κ3) is 2.11. The number of nitrogen functional groups attached to an aromatic ring is 1. The largest absolute Gasteiger partial charge is 0.383 e. The fraction of sp³-hybridized carbons (Fsp3) is 0.136. The fourth-order valence-corrected chi connectivity index (χ4v) is 4.40. The molecule has 2 aromatic carbocycles. The third-order valence-corrected chi connectivity index (χ3v) is 5.74. The van der Waals surface area contributed by atoms with Gasteiger partial charge >= 0.3 is 0 Å². The molecule has 0 fully saturated rings. The molecule has 1 atom stereocenters. The summed E-state index contributed by atoms with van der Waals surface area (Å²) in [7, 11) is 0. The third-order valence-electron chi connectivity index (χ3n) is 5.74. The predicted octanol–water partition coefficient (Wildman–Crippen LogP) is 4.09. The van der Waals surface area contributed by atoms with Crippen molar-refractivity contribution in [3.8, 4) is 11.3 Å². The number of aromatic amines is 1. The van der Waals surface area contributed by atoms with Crippen molar-refractivity contribution in [3.63, 3.8) is 0 Å². The molecule has 3 heterocycles. The molecule has 1 unspecified atom stereocenters. The van der Waals surface area contributed by atoms with E-state index in [-0.39, 0.29) is 6.04 Å². The highest BCUT2D eigenvalue weighted by molar-refractivity contribution is 5.99. The molecule has 6 rings (SSSR count). The molecule has 6 heteroatoms. The van der Waals surface area contributed by atoms with Crippen LogP contribution in [0.3, 0.4) is 0 Å². The van der Waals surface area contributed by atoms with Gasteiger partial charge in [0.05, 0.1) is 11.4 Å². The Morgan fingerprint density at radius 3 is 2.96 bits per heavy atom.